The number of halogens is 2. The summed E-state index contributed by atoms with van der Waals surface area (Å²) < 4.78 is 34.7. The smallest absolute Gasteiger partial charge is 0.311 e. The number of aliphatic hydroxyl groups is 7. The lowest BCUT2D eigenvalue weighted by molar-refractivity contribution is -0.299. The number of fused-ring (bicyclic) bond motifs is 5. The molecule has 18 heteroatoms. The normalized spacial score (nSPS) is 50.2. The van der Waals surface area contributed by atoms with E-state index >= 15 is 4.39 Å². The van der Waals surface area contributed by atoms with Crippen molar-refractivity contribution in [1.29, 1.82) is 0 Å². The van der Waals surface area contributed by atoms with Crippen LogP contribution in [0, 0.1) is 46.3 Å². The fourth-order valence-electron chi connectivity index (χ4n) is 14.5. The predicted molar refractivity (Wildman–Crippen MR) is 264 cm³/mol. The lowest BCUT2D eigenvalue weighted by Crippen LogP contribution is -2.70. The third kappa shape index (κ3) is 10.1. The van der Waals surface area contributed by atoms with Gasteiger partial charge in [-0.2, -0.15) is 0 Å². The number of likely N-dealkylation sites (N-methyl/N-ethyl adjacent to an activating group) is 1. The molecule has 0 radical (unpaired) electrons. The van der Waals surface area contributed by atoms with Gasteiger partial charge in [-0.25, -0.2) is 4.39 Å². The van der Waals surface area contributed by atoms with Crippen LogP contribution in [-0.4, -0.2) is 186 Å². The van der Waals surface area contributed by atoms with Gasteiger partial charge in [0.05, 0.1) is 40.8 Å². The Labute approximate surface area is 425 Å². The van der Waals surface area contributed by atoms with E-state index in [2.05, 4.69) is 5.32 Å². The zero-order valence-electron chi connectivity index (χ0n) is 44.3. The summed E-state index contributed by atoms with van der Waals surface area (Å²) >= 11 is 7.53. The Morgan fingerprint density at radius 2 is 1.61 bits per heavy atom. The number of ether oxygens (including phenoxy) is 3. The van der Waals surface area contributed by atoms with Crippen molar-refractivity contribution in [3.05, 3.63) is 23.8 Å². The summed E-state index contributed by atoms with van der Waals surface area (Å²) in [6.45, 7) is 19.3. The predicted octanol–water partition coefficient (Wildman–Crippen LogP) is 3.42. The van der Waals surface area contributed by atoms with Gasteiger partial charge in [-0.1, -0.05) is 47.6 Å². The number of allylic oxidation sites excluding steroid dienone is 4. The molecule has 0 aromatic rings. The van der Waals surface area contributed by atoms with Crippen LogP contribution in [0.5, 0.6) is 0 Å². The van der Waals surface area contributed by atoms with Gasteiger partial charge < -0.3 is 60.2 Å². The van der Waals surface area contributed by atoms with Crippen molar-refractivity contribution in [3.8, 4) is 0 Å². The second-order valence-corrected chi connectivity index (χ2v) is 24.7. The fourth-order valence-corrected chi connectivity index (χ4v) is 15.0. The molecule has 23 atom stereocenters. The minimum Gasteiger partial charge on any atom is -0.459 e. The summed E-state index contributed by atoms with van der Waals surface area (Å²) in [5, 5.41) is 87.5. The first-order valence-electron chi connectivity index (χ1n) is 26.1. The number of alkyl halides is 2. The van der Waals surface area contributed by atoms with Gasteiger partial charge in [-0.05, 0) is 135 Å². The van der Waals surface area contributed by atoms with E-state index in [0.29, 0.717) is 19.3 Å². The minimum absolute atomic E-state index is 0.0427. The quantitative estimate of drug-likeness (QED) is 0.0939. The van der Waals surface area contributed by atoms with Crippen LogP contribution >= 0.6 is 11.6 Å². The summed E-state index contributed by atoms with van der Waals surface area (Å²) in [5.74, 6) is -5.90. The van der Waals surface area contributed by atoms with Crippen molar-refractivity contribution >= 4 is 29.3 Å². The van der Waals surface area contributed by atoms with Crippen LogP contribution in [0.4, 0.5) is 4.39 Å². The highest BCUT2D eigenvalue weighted by Crippen LogP contribution is 2.71. The van der Waals surface area contributed by atoms with Crippen molar-refractivity contribution in [3.63, 3.8) is 0 Å². The Kier molecular flexibility index (Phi) is 17.3. The van der Waals surface area contributed by atoms with Crippen molar-refractivity contribution in [2.75, 3.05) is 33.7 Å². The number of nitrogens with zero attached hydrogens (tertiary/aromatic N) is 2. The second kappa shape index (κ2) is 21.1. The van der Waals surface area contributed by atoms with Crippen molar-refractivity contribution in [2.45, 2.75) is 210 Å². The molecule has 2 saturated heterocycles. The van der Waals surface area contributed by atoms with Gasteiger partial charge in [-0.3, -0.25) is 19.3 Å². The number of hydrogen-bond donors (Lipinski definition) is 8. The highest BCUT2D eigenvalue weighted by Gasteiger charge is 2.76. The van der Waals surface area contributed by atoms with E-state index < -0.39 is 129 Å². The second-order valence-electron chi connectivity index (χ2n) is 24.0. The van der Waals surface area contributed by atoms with E-state index in [4.69, 9.17) is 25.8 Å². The Morgan fingerprint density at radius 1 is 0.958 bits per heavy atom. The van der Waals surface area contributed by atoms with Crippen LogP contribution in [0.25, 0.3) is 0 Å². The van der Waals surface area contributed by atoms with Gasteiger partial charge >= 0.3 is 5.97 Å². The van der Waals surface area contributed by atoms with Crippen LogP contribution in [0.2, 0.25) is 0 Å². The van der Waals surface area contributed by atoms with E-state index in [1.165, 1.54) is 26.0 Å². The number of amides is 1. The van der Waals surface area contributed by atoms with E-state index in [-0.39, 0.29) is 74.7 Å². The number of nitrogens with one attached hydrogen (secondary N) is 1. The number of esters is 1. The molecule has 2 heterocycles. The maximum absolute atomic E-state index is 16.2. The van der Waals surface area contributed by atoms with Gasteiger partial charge in [0.25, 0.3) is 5.91 Å². The van der Waals surface area contributed by atoms with E-state index in [1.54, 1.807) is 54.5 Å². The highest BCUT2D eigenvalue weighted by molar-refractivity contribution is 6.26. The van der Waals surface area contributed by atoms with Gasteiger partial charge in [0, 0.05) is 48.5 Å². The molecule has 3 saturated carbocycles. The van der Waals surface area contributed by atoms with E-state index in [9.17, 15) is 50.1 Å². The summed E-state index contributed by atoms with van der Waals surface area (Å²) in [7, 11) is 3.69. The molecule has 0 aromatic carbocycles. The van der Waals surface area contributed by atoms with Crippen LogP contribution in [-0.2, 0) is 28.6 Å². The lowest BCUT2D eigenvalue weighted by atomic mass is 9.45. The Morgan fingerprint density at radius 3 is 2.23 bits per heavy atom. The molecule has 71 heavy (non-hydrogen) atoms. The van der Waals surface area contributed by atoms with Crippen molar-refractivity contribution < 1.29 is 68.7 Å². The van der Waals surface area contributed by atoms with Crippen molar-refractivity contribution in [2.24, 2.45) is 46.3 Å². The fraction of sp³-hybridized carbons (Fsp3) is 0.868. The highest BCUT2D eigenvalue weighted by atomic mass is 35.5. The summed E-state index contributed by atoms with van der Waals surface area (Å²) in [6, 6.07) is -1.11. The molecule has 6 rings (SSSR count). The molecule has 0 bridgehead atoms. The first kappa shape index (κ1) is 58.1. The molecule has 0 spiro atoms. The third-order valence-corrected chi connectivity index (χ3v) is 19.7. The molecular formula is C53H87ClFN3O13. The largest absolute Gasteiger partial charge is 0.459 e. The lowest BCUT2D eigenvalue weighted by Gasteiger charge is -2.64. The summed E-state index contributed by atoms with van der Waals surface area (Å²) in [5.41, 5.74) is -7.78. The first-order chi connectivity index (χ1) is 32.8. The molecular weight excluding hydrogens is 941 g/mol. The molecule has 1 amide bonds. The number of ketones is 1. The monoisotopic (exact) mass is 1030 g/mol. The van der Waals surface area contributed by atoms with Crippen LogP contribution < -0.4 is 5.32 Å². The van der Waals surface area contributed by atoms with Crippen LogP contribution in [0.3, 0.4) is 0 Å². The Hall–Kier alpha value is -2.13. The zero-order chi connectivity index (χ0) is 53.3. The van der Waals surface area contributed by atoms with Gasteiger partial charge in [0.15, 0.2) is 17.7 Å². The summed E-state index contributed by atoms with van der Waals surface area (Å²) in [4.78, 5) is 43.1. The number of carbonyl (C=O) groups excluding carboxylic acids is 3. The summed E-state index contributed by atoms with van der Waals surface area (Å²) in [6.07, 6.45) is -5.12. The molecule has 8 N–H and O–H groups in total. The van der Waals surface area contributed by atoms with Gasteiger partial charge in [0.1, 0.15) is 30.1 Å². The Balaban J connectivity index is 1.23. The van der Waals surface area contributed by atoms with Crippen LogP contribution in [0.15, 0.2) is 23.8 Å². The molecule has 2 aliphatic heterocycles. The zero-order valence-corrected chi connectivity index (χ0v) is 45.1. The standard InChI is InChI=1S/C53H87ClFN3O13/c1-14-40-51(11,67)43(63)32(7)58(26-27(2)24-50(10,66)44(30(5)41(61)31(6)45(64)70-40)71-46-42(62)38(57(12)13)21-29(4)69-46)19-15-18-56-47(65)53(68)28(3)20-34-35-23-37(55)36-22-33(59)16-17-48(36,8)52(35,54)39(60)25-49(34,53)9/h16-17,22,27-32,34-35,37-44,46,60-63,66-68H,14-15,18-21,23-26H2,1-13H3,(H,56,65)/t27-,28-,29-,30+,31-,32-,34?,35?,37+,38-,39+,40-,41+,42-,43-,44-,46+,48+,49+,50-,51-,52+,53+/m1/s1. The number of rotatable bonds is 9. The number of cyclic esters (lactones) is 1. The minimum atomic E-state index is -1.97. The molecule has 5 fully saturated rings. The Bertz CT molecular complexity index is 2010. The van der Waals surface area contributed by atoms with Crippen LogP contribution in [0.1, 0.15) is 121 Å². The number of hydrogen-bond acceptors (Lipinski definition) is 15. The number of aliphatic hydroxyl groups excluding tert-OH is 4. The van der Waals surface area contributed by atoms with Gasteiger partial charge in [-0.15, -0.1) is 11.6 Å². The molecule has 16 nitrogen and oxygen atoms in total. The first-order valence-corrected chi connectivity index (χ1v) is 26.5. The van der Waals surface area contributed by atoms with Crippen molar-refractivity contribution in [1.82, 2.24) is 15.1 Å². The van der Waals surface area contributed by atoms with E-state index in [1.807, 2.05) is 37.7 Å². The third-order valence-electron chi connectivity index (χ3n) is 18.8. The maximum atomic E-state index is 16.2. The average Bonchev–Trinajstić information content (AvgIpc) is 3.49. The maximum Gasteiger partial charge on any atom is 0.311 e. The average molecular weight is 1030 g/mol. The van der Waals surface area contributed by atoms with Gasteiger partial charge in [0.2, 0.25) is 0 Å². The molecule has 6 aliphatic rings. The molecule has 406 valence electrons. The van der Waals surface area contributed by atoms with E-state index in [0.717, 1.165) is 0 Å². The number of carbonyl (C=O) groups is 3. The molecule has 0 aromatic heterocycles. The SMILES string of the molecule is CC[C@H]1OC(=O)[C@H](C)[C@@H](O)[C@H](C)[C@@H](O[C@@H]2O[C@H](C)C[C@@H](N(C)C)[C@H]2O)[C@](C)(O)C[C@@H](C)CN(CCCNC(=O)[C@@]2(O)[C@H](C)CC3C4C[C@H](F)C5=CC(=O)C=C[C@]5(C)[C@@]4(Cl)[C@@H](O)C[C@@]32C)[C@H](C)[C@@H](O)[C@]1(C)O. The molecule has 2 unspecified atom stereocenters. The topological polar surface area (TPSA) is 239 Å². The molecule has 4 aliphatic carbocycles.